The van der Waals surface area contributed by atoms with Crippen molar-refractivity contribution in [3.8, 4) is 56.4 Å². The van der Waals surface area contributed by atoms with Crippen LogP contribution in [0.5, 0.6) is 0 Å². The highest BCUT2D eigenvalue weighted by molar-refractivity contribution is 6.25. The fraction of sp³-hybridized carbons (Fsp3) is 0. The van der Waals surface area contributed by atoms with Crippen LogP contribution < -0.4 is 0 Å². The van der Waals surface area contributed by atoms with E-state index in [-0.39, 0.29) is 0 Å². The third-order valence-corrected chi connectivity index (χ3v) is 10.3. The van der Waals surface area contributed by atoms with E-state index in [1.807, 2.05) is 78.9 Å². The van der Waals surface area contributed by atoms with E-state index in [4.69, 9.17) is 21.5 Å². The summed E-state index contributed by atoms with van der Waals surface area (Å²) in [6, 6.07) is 63.1. The Bertz CT molecular complexity index is 3050. The molecule has 10 rings (SSSR count). The summed E-state index contributed by atoms with van der Waals surface area (Å²) in [4.78, 5) is 18.8. The molecule has 4 heteroatoms. The molecule has 0 spiro atoms. The van der Waals surface area contributed by atoms with Crippen LogP contribution >= 0.6 is 0 Å². The number of hydrogen-bond donors (Lipinski definition) is 0. The molecule has 1 aromatic heterocycles. The predicted molar refractivity (Wildman–Crippen MR) is 223 cm³/mol. The van der Waals surface area contributed by atoms with Gasteiger partial charge in [0.15, 0.2) is 23.2 Å². The van der Waals surface area contributed by atoms with E-state index in [2.05, 4.69) is 108 Å². The zero-order valence-corrected chi connectivity index (χ0v) is 29.1. The molecule has 0 N–H and O–H groups in total. The molecular formula is C50H30N4. The van der Waals surface area contributed by atoms with Crippen molar-refractivity contribution in [3.63, 3.8) is 0 Å². The van der Waals surface area contributed by atoms with Gasteiger partial charge in [0, 0.05) is 16.7 Å². The largest absolute Gasteiger partial charge is 0.238 e. The molecule has 0 aliphatic carbocycles. The Labute approximate surface area is 312 Å². The molecule has 250 valence electrons. The third-order valence-electron chi connectivity index (χ3n) is 10.3. The number of hydrogen-bond acceptors (Lipinski definition) is 3. The van der Waals surface area contributed by atoms with E-state index in [1.54, 1.807) is 0 Å². The average Bonchev–Trinajstić information content (AvgIpc) is 3.26. The maximum absolute atomic E-state index is 7.79. The molecule has 0 fully saturated rings. The summed E-state index contributed by atoms with van der Waals surface area (Å²) < 4.78 is 0. The highest BCUT2D eigenvalue weighted by Crippen LogP contribution is 2.44. The van der Waals surface area contributed by atoms with E-state index in [1.165, 1.54) is 32.3 Å². The Balaban J connectivity index is 1.19. The molecule has 0 saturated carbocycles. The van der Waals surface area contributed by atoms with Crippen molar-refractivity contribution in [2.75, 3.05) is 0 Å². The highest BCUT2D eigenvalue weighted by atomic mass is 15.0. The first-order valence-electron chi connectivity index (χ1n) is 18.0. The van der Waals surface area contributed by atoms with Crippen LogP contribution in [-0.4, -0.2) is 15.0 Å². The molecule has 0 amide bonds. The normalized spacial score (nSPS) is 11.3. The van der Waals surface area contributed by atoms with Gasteiger partial charge in [-0.3, -0.25) is 0 Å². The van der Waals surface area contributed by atoms with Crippen molar-refractivity contribution in [2.24, 2.45) is 0 Å². The van der Waals surface area contributed by atoms with Crippen molar-refractivity contribution < 1.29 is 0 Å². The minimum Gasteiger partial charge on any atom is -0.238 e. The van der Waals surface area contributed by atoms with Gasteiger partial charge in [0.25, 0.3) is 0 Å². The fourth-order valence-corrected chi connectivity index (χ4v) is 7.79. The summed E-state index contributed by atoms with van der Waals surface area (Å²) in [6.45, 7) is 7.79. The predicted octanol–water partition coefficient (Wildman–Crippen LogP) is 13.4. The van der Waals surface area contributed by atoms with Gasteiger partial charge >= 0.3 is 0 Å². The molecular weight excluding hydrogens is 657 g/mol. The minimum atomic E-state index is 0.626. The van der Waals surface area contributed by atoms with Crippen molar-refractivity contribution in [1.82, 2.24) is 15.0 Å². The Morgan fingerprint density at radius 1 is 0.296 bits per heavy atom. The van der Waals surface area contributed by atoms with E-state index < -0.39 is 0 Å². The van der Waals surface area contributed by atoms with E-state index in [0.29, 0.717) is 23.2 Å². The molecule has 9 aromatic carbocycles. The van der Waals surface area contributed by atoms with Crippen LogP contribution in [0.1, 0.15) is 0 Å². The first-order valence-corrected chi connectivity index (χ1v) is 18.0. The van der Waals surface area contributed by atoms with E-state index in [9.17, 15) is 0 Å². The Morgan fingerprint density at radius 3 is 1.30 bits per heavy atom. The van der Waals surface area contributed by atoms with Gasteiger partial charge in [-0.15, -0.1) is 0 Å². The molecule has 0 bridgehead atoms. The van der Waals surface area contributed by atoms with Crippen molar-refractivity contribution in [3.05, 3.63) is 193 Å². The monoisotopic (exact) mass is 686 g/mol. The average molecular weight is 687 g/mol. The van der Waals surface area contributed by atoms with Gasteiger partial charge in [-0.05, 0) is 83.5 Å². The minimum absolute atomic E-state index is 0.626. The van der Waals surface area contributed by atoms with Crippen molar-refractivity contribution in [2.45, 2.75) is 0 Å². The van der Waals surface area contributed by atoms with E-state index >= 15 is 0 Å². The molecule has 10 aromatic rings. The maximum atomic E-state index is 7.79. The Kier molecular flexibility index (Phi) is 7.49. The highest BCUT2D eigenvalue weighted by Gasteiger charge is 2.18. The molecule has 0 atom stereocenters. The van der Waals surface area contributed by atoms with Crippen LogP contribution in [0.2, 0.25) is 0 Å². The molecule has 0 unspecified atom stereocenters. The third kappa shape index (κ3) is 5.27. The zero-order valence-electron chi connectivity index (χ0n) is 29.1. The van der Waals surface area contributed by atoms with Crippen molar-refractivity contribution >= 4 is 48.8 Å². The molecule has 0 saturated heterocycles. The summed E-state index contributed by atoms with van der Waals surface area (Å²) in [6.07, 6.45) is 0. The van der Waals surface area contributed by atoms with Crippen LogP contribution in [0.15, 0.2) is 182 Å². The van der Waals surface area contributed by atoms with E-state index in [0.717, 1.165) is 49.7 Å². The lowest BCUT2D eigenvalue weighted by Crippen LogP contribution is -2.00. The summed E-state index contributed by atoms with van der Waals surface area (Å²) in [5.41, 5.74) is 7.98. The Morgan fingerprint density at radius 2 is 0.722 bits per heavy atom. The van der Waals surface area contributed by atoms with Crippen LogP contribution in [-0.2, 0) is 0 Å². The second-order valence-corrected chi connectivity index (χ2v) is 13.4. The van der Waals surface area contributed by atoms with Crippen LogP contribution in [0, 0.1) is 6.57 Å². The zero-order chi connectivity index (χ0) is 36.0. The van der Waals surface area contributed by atoms with Crippen LogP contribution in [0.25, 0.3) is 104 Å². The quantitative estimate of drug-likeness (QED) is 0.134. The standard InChI is InChI=1S/C50H30N4/c1-51-47-28-27-41(36-21-12-13-26-42(36)47)44-31-46-38-23-9-8-22-37(38)43(30-45(46)40-25-11-10-24-39(40)44)34-19-14-20-35(29-34)50-53-48(32-15-4-2-5-16-32)52-49(54-50)33-17-6-3-7-18-33/h2-31H. The first-order chi connectivity index (χ1) is 26.7. The summed E-state index contributed by atoms with van der Waals surface area (Å²) in [5.74, 6) is 1.90. The van der Waals surface area contributed by atoms with Crippen molar-refractivity contribution in [1.29, 1.82) is 0 Å². The lowest BCUT2D eigenvalue weighted by molar-refractivity contribution is 1.07. The van der Waals surface area contributed by atoms with Gasteiger partial charge in [-0.1, -0.05) is 164 Å². The molecule has 4 nitrogen and oxygen atoms in total. The lowest BCUT2D eigenvalue weighted by Gasteiger charge is -2.17. The summed E-state index contributed by atoms with van der Waals surface area (Å²) >= 11 is 0. The maximum Gasteiger partial charge on any atom is 0.194 e. The second-order valence-electron chi connectivity index (χ2n) is 13.4. The van der Waals surface area contributed by atoms with Gasteiger partial charge < -0.3 is 0 Å². The van der Waals surface area contributed by atoms with Gasteiger partial charge in [0.2, 0.25) is 0 Å². The summed E-state index contributed by atoms with van der Waals surface area (Å²) in [5, 5.41) is 9.14. The lowest BCUT2D eigenvalue weighted by atomic mass is 9.86. The molecule has 0 aliphatic rings. The fourth-order valence-electron chi connectivity index (χ4n) is 7.79. The van der Waals surface area contributed by atoms with Gasteiger partial charge in [0.1, 0.15) is 0 Å². The van der Waals surface area contributed by atoms with Crippen LogP contribution in [0.4, 0.5) is 5.69 Å². The number of nitrogens with zero attached hydrogens (tertiary/aromatic N) is 4. The smallest absolute Gasteiger partial charge is 0.194 e. The van der Waals surface area contributed by atoms with Gasteiger partial charge in [-0.2, -0.15) is 0 Å². The van der Waals surface area contributed by atoms with Gasteiger partial charge in [0.05, 0.1) is 6.57 Å². The first kappa shape index (κ1) is 31.3. The topological polar surface area (TPSA) is 43.0 Å². The molecule has 0 radical (unpaired) electrons. The number of aromatic nitrogens is 3. The number of rotatable bonds is 5. The van der Waals surface area contributed by atoms with Gasteiger partial charge in [-0.25, -0.2) is 19.8 Å². The number of fused-ring (bicyclic) bond motifs is 6. The number of benzene rings is 9. The van der Waals surface area contributed by atoms with Crippen LogP contribution in [0.3, 0.4) is 0 Å². The second kappa shape index (κ2) is 12.9. The summed E-state index contributed by atoms with van der Waals surface area (Å²) in [7, 11) is 0. The molecule has 1 heterocycles. The molecule has 0 aliphatic heterocycles. The Hall–Kier alpha value is -7.48. The molecule has 54 heavy (non-hydrogen) atoms. The SMILES string of the molecule is [C-]#[N+]c1ccc(-c2cc3c4ccccc4c(-c4cccc(-c5nc(-c6ccccc6)nc(-c6ccccc6)n5)c4)cc3c3ccccc23)c2ccccc12.